The number of benzene rings is 1. The molecular formula is C24H37IN6. The van der Waals surface area contributed by atoms with Gasteiger partial charge in [-0.15, -0.1) is 24.0 Å². The van der Waals surface area contributed by atoms with Crippen LogP contribution in [0.1, 0.15) is 37.3 Å². The molecule has 6 nitrogen and oxygen atoms in total. The normalized spacial score (nSPS) is 22.0. The van der Waals surface area contributed by atoms with Crippen molar-refractivity contribution in [3.63, 3.8) is 0 Å². The number of rotatable bonds is 7. The first kappa shape index (κ1) is 24.0. The van der Waals surface area contributed by atoms with Crippen molar-refractivity contribution in [2.45, 2.75) is 45.2 Å². The lowest BCUT2D eigenvalue weighted by Gasteiger charge is -2.25. The van der Waals surface area contributed by atoms with Gasteiger partial charge in [0, 0.05) is 45.5 Å². The maximum atomic E-state index is 5.09. The summed E-state index contributed by atoms with van der Waals surface area (Å²) in [5, 5.41) is 7.86. The van der Waals surface area contributed by atoms with E-state index in [1.54, 1.807) is 0 Å². The number of halogens is 1. The maximum absolute atomic E-state index is 5.09. The highest BCUT2D eigenvalue weighted by molar-refractivity contribution is 14.0. The average molecular weight is 537 g/mol. The molecule has 0 radical (unpaired) electrons. The third-order valence-corrected chi connectivity index (χ3v) is 6.38. The Kier molecular flexibility index (Phi) is 9.19. The lowest BCUT2D eigenvalue weighted by Crippen LogP contribution is -2.41. The molecule has 2 aromatic rings. The van der Waals surface area contributed by atoms with E-state index in [4.69, 9.17) is 4.99 Å². The number of nitrogens with one attached hydrogen (secondary N) is 1. The SMILES string of the molecule is CCNC(=NCC1CCCN1Cc1ccccc1)N1CCC(Cc2cnn(C)c2)C1.I. The Labute approximate surface area is 204 Å². The van der Waals surface area contributed by atoms with Crippen LogP contribution in [0.4, 0.5) is 0 Å². The first-order chi connectivity index (χ1) is 14.7. The van der Waals surface area contributed by atoms with E-state index >= 15 is 0 Å². The van der Waals surface area contributed by atoms with Crippen molar-refractivity contribution in [2.24, 2.45) is 18.0 Å². The number of aryl methyl sites for hydroxylation is 1. The number of aromatic nitrogens is 2. The fourth-order valence-corrected chi connectivity index (χ4v) is 4.85. The third kappa shape index (κ3) is 6.68. The highest BCUT2D eigenvalue weighted by atomic mass is 127. The van der Waals surface area contributed by atoms with Crippen LogP contribution in [0.3, 0.4) is 0 Å². The summed E-state index contributed by atoms with van der Waals surface area (Å²) in [7, 11) is 1.99. The standard InChI is InChI=1S/C24H36N6.HI/c1-3-25-24(30-13-11-21(19-30)14-22-15-27-28(2)17-22)26-16-23-10-7-12-29(23)18-20-8-5-4-6-9-20;/h4-6,8-9,15,17,21,23H,3,7,10-14,16,18-19H2,1-2H3,(H,25,26);1H. The molecule has 1 N–H and O–H groups in total. The van der Waals surface area contributed by atoms with E-state index < -0.39 is 0 Å². The predicted octanol–water partition coefficient (Wildman–Crippen LogP) is 3.53. The zero-order valence-corrected chi connectivity index (χ0v) is 21.2. The lowest BCUT2D eigenvalue weighted by molar-refractivity contribution is 0.250. The fraction of sp³-hybridized carbons (Fsp3) is 0.583. The summed E-state index contributed by atoms with van der Waals surface area (Å²) >= 11 is 0. The molecule has 0 spiro atoms. The Hall–Kier alpha value is -1.61. The molecule has 0 saturated carbocycles. The summed E-state index contributed by atoms with van der Waals surface area (Å²) in [5.41, 5.74) is 2.74. The second kappa shape index (κ2) is 11.9. The number of aliphatic imine (C=N–C) groups is 1. The molecular weight excluding hydrogens is 499 g/mol. The molecule has 0 amide bonds. The summed E-state index contributed by atoms with van der Waals surface area (Å²) in [4.78, 5) is 10.2. The van der Waals surface area contributed by atoms with Gasteiger partial charge >= 0.3 is 0 Å². The van der Waals surface area contributed by atoms with Crippen LogP contribution in [0.15, 0.2) is 47.7 Å². The summed E-state index contributed by atoms with van der Waals surface area (Å²) < 4.78 is 1.90. The molecule has 1 aromatic heterocycles. The zero-order valence-electron chi connectivity index (χ0n) is 18.9. The van der Waals surface area contributed by atoms with Gasteiger partial charge in [0.05, 0.1) is 12.7 Å². The van der Waals surface area contributed by atoms with Crippen LogP contribution in [-0.4, -0.2) is 64.3 Å². The molecule has 2 unspecified atom stereocenters. The van der Waals surface area contributed by atoms with Crippen LogP contribution in [0.25, 0.3) is 0 Å². The largest absolute Gasteiger partial charge is 0.357 e. The monoisotopic (exact) mass is 536 g/mol. The Morgan fingerprint density at radius 3 is 2.74 bits per heavy atom. The predicted molar refractivity (Wildman–Crippen MR) is 138 cm³/mol. The Bertz CT molecular complexity index is 820. The van der Waals surface area contributed by atoms with Gasteiger partial charge in [-0.25, -0.2) is 0 Å². The second-order valence-corrected chi connectivity index (χ2v) is 8.77. The number of hydrogen-bond donors (Lipinski definition) is 1. The van der Waals surface area contributed by atoms with Crippen LogP contribution in [0.2, 0.25) is 0 Å². The first-order valence-corrected chi connectivity index (χ1v) is 11.5. The number of hydrogen-bond acceptors (Lipinski definition) is 3. The van der Waals surface area contributed by atoms with Gasteiger partial charge in [0.15, 0.2) is 5.96 Å². The van der Waals surface area contributed by atoms with Gasteiger partial charge in [-0.2, -0.15) is 5.10 Å². The van der Waals surface area contributed by atoms with Crippen LogP contribution < -0.4 is 5.32 Å². The zero-order chi connectivity index (χ0) is 20.8. The van der Waals surface area contributed by atoms with Crippen LogP contribution in [0.5, 0.6) is 0 Å². The average Bonchev–Trinajstić information content (AvgIpc) is 3.49. The molecule has 2 saturated heterocycles. The molecule has 170 valence electrons. The molecule has 2 atom stereocenters. The van der Waals surface area contributed by atoms with Crippen LogP contribution in [0, 0.1) is 5.92 Å². The van der Waals surface area contributed by atoms with Crippen molar-refractivity contribution in [2.75, 3.05) is 32.7 Å². The van der Waals surface area contributed by atoms with Gasteiger partial charge in [0.25, 0.3) is 0 Å². The third-order valence-electron chi connectivity index (χ3n) is 6.38. The molecule has 0 aliphatic carbocycles. The summed E-state index contributed by atoms with van der Waals surface area (Å²) in [6.07, 6.45) is 9.01. The van der Waals surface area contributed by atoms with Gasteiger partial charge in [-0.05, 0) is 56.2 Å². The Morgan fingerprint density at radius 1 is 1.16 bits per heavy atom. The van der Waals surface area contributed by atoms with Gasteiger partial charge in [0.2, 0.25) is 0 Å². The Balaban J connectivity index is 0.00000272. The lowest BCUT2D eigenvalue weighted by atomic mass is 10.0. The summed E-state index contributed by atoms with van der Waals surface area (Å²) in [6, 6.07) is 11.4. The van der Waals surface area contributed by atoms with E-state index in [-0.39, 0.29) is 24.0 Å². The summed E-state index contributed by atoms with van der Waals surface area (Å²) in [6.45, 7) is 8.36. The maximum Gasteiger partial charge on any atom is 0.193 e. The Morgan fingerprint density at radius 2 is 2.00 bits per heavy atom. The molecule has 7 heteroatoms. The van der Waals surface area contributed by atoms with E-state index in [0.29, 0.717) is 12.0 Å². The molecule has 2 fully saturated rings. The van der Waals surface area contributed by atoms with E-state index in [0.717, 1.165) is 45.1 Å². The van der Waals surface area contributed by atoms with Gasteiger partial charge in [0.1, 0.15) is 0 Å². The summed E-state index contributed by atoms with van der Waals surface area (Å²) in [5.74, 6) is 1.77. The molecule has 4 rings (SSSR count). The molecule has 2 aliphatic rings. The minimum absolute atomic E-state index is 0. The van der Waals surface area contributed by atoms with Crippen molar-refractivity contribution >= 4 is 29.9 Å². The minimum atomic E-state index is 0. The first-order valence-electron chi connectivity index (χ1n) is 11.5. The molecule has 2 aliphatic heterocycles. The van der Waals surface area contributed by atoms with Gasteiger partial charge in [-0.1, -0.05) is 30.3 Å². The van der Waals surface area contributed by atoms with Crippen molar-refractivity contribution < 1.29 is 0 Å². The van der Waals surface area contributed by atoms with E-state index in [9.17, 15) is 0 Å². The molecule has 1 aromatic carbocycles. The molecule has 0 bridgehead atoms. The number of nitrogens with zero attached hydrogens (tertiary/aromatic N) is 5. The van der Waals surface area contributed by atoms with Crippen molar-refractivity contribution in [3.05, 3.63) is 53.9 Å². The second-order valence-electron chi connectivity index (χ2n) is 8.77. The minimum Gasteiger partial charge on any atom is -0.357 e. The fourth-order valence-electron chi connectivity index (χ4n) is 4.85. The van der Waals surface area contributed by atoms with Crippen molar-refractivity contribution in [1.82, 2.24) is 24.9 Å². The smallest absolute Gasteiger partial charge is 0.193 e. The van der Waals surface area contributed by atoms with Crippen molar-refractivity contribution in [1.29, 1.82) is 0 Å². The molecule has 3 heterocycles. The van der Waals surface area contributed by atoms with Gasteiger partial charge in [-0.3, -0.25) is 14.6 Å². The highest BCUT2D eigenvalue weighted by Crippen LogP contribution is 2.22. The van der Waals surface area contributed by atoms with E-state index in [1.165, 1.54) is 36.9 Å². The number of guanidine groups is 1. The van der Waals surface area contributed by atoms with Gasteiger partial charge < -0.3 is 10.2 Å². The van der Waals surface area contributed by atoms with E-state index in [2.05, 4.69) is 63.7 Å². The molecule has 31 heavy (non-hydrogen) atoms. The van der Waals surface area contributed by atoms with Crippen LogP contribution in [-0.2, 0) is 20.0 Å². The highest BCUT2D eigenvalue weighted by Gasteiger charge is 2.27. The topological polar surface area (TPSA) is 48.7 Å². The van der Waals surface area contributed by atoms with E-state index in [1.807, 2.05) is 17.9 Å². The quantitative estimate of drug-likeness (QED) is 0.334. The number of likely N-dealkylation sites (tertiary alicyclic amines) is 2. The van der Waals surface area contributed by atoms with Crippen molar-refractivity contribution in [3.8, 4) is 0 Å². The van der Waals surface area contributed by atoms with Crippen LogP contribution >= 0.6 is 24.0 Å².